The summed E-state index contributed by atoms with van der Waals surface area (Å²) in [6.07, 6.45) is -1.97. The second-order valence-electron chi connectivity index (χ2n) is 6.56. The molecule has 0 heterocycles. The first kappa shape index (κ1) is 20.8. The summed E-state index contributed by atoms with van der Waals surface area (Å²) < 4.78 is 37.2. The van der Waals surface area contributed by atoms with E-state index in [1.807, 2.05) is 0 Å². The van der Waals surface area contributed by atoms with E-state index in [4.69, 9.17) is 15.2 Å². The number of halogens is 2. The van der Waals surface area contributed by atoms with Crippen molar-refractivity contribution < 1.29 is 27.8 Å². The van der Waals surface area contributed by atoms with Crippen molar-refractivity contribution in [2.75, 3.05) is 6.54 Å². The predicted molar refractivity (Wildman–Crippen MR) is 88.0 cm³/mol. The second-order valence-corrected chi connectivity index (χ2v) is 6.56. The monoisotopic (exact) mass is 358 g/mol. The van der Waals surface area contributed by atoms with E-state index in [2.05, 4.69) is 5.32 Å². The number of rotatable bonds is 7. The Morgan fingerprint density at radius 2 is 1.80 bits per heavy atom. The number of nitrogens with one attached hydrogen (secondary N) is 1. The number of hydrogen-bond donors (Lipinski definition) is 2. The lowest BCUT2D eigenvalue weighted by molar-refractivity contribution is -0.160. The van der Waals surface area contributed by atoms with Gasteiger partial charge in [0.1, 0.15) is 18.2 Å². The van der Waals surface area contributed by atoms with Gasteiger partial charge in [0, 0.05) is 6.42 Å². The van der Waals surface area contributed by atoms with Crippen molar-refractivity contribution >= 4 is 12.1 Å². The van der Waals surface area contributed by atoms with Gasteiger partial charge in [-0.1, -0.05) is 30.3 Å². The molecule has 0 saturated carbocycles. The highest BCUT2D eigenvalue weighted by atomic mass is 19.3. The highest BCUT2D eigenvalue weighted by Crippen LogP contribution is 2.21. The molecule has 3 N–H and O–H groups in total. The van der Waals surface area contributed by atoms with Crippen LogP contribution < -0.4 is 11.1 Å². The van der Waals surface area contributed by atoms with Crippen molar-refractivity contribution in [1.29, 1.82) is 0 Å². The third kappa shape index (κ3) is 8.44. The van der Waals surface area contributed by atoms with Gasteiger partial charge in [0.25, 0.3) is 5.92 Å². The SMILES string of the molecule is CC(C)(C)OC(=O)C(CC(F)(F)CN)NC(=O)OCc1ccccc1. The topological polar surface area (TPSA) is 90.6 Å². The molecular formula is C17H24F2N2O4. The molecule has 0 spiro atoms. The molecule has 1 atom stereocenters. The number of benzene rings is 1. The Labute approximate surface area is 145 Å². The van der Waals surface area contributed by atoms with E-state index >= 15 is 0 Å². The first-order valence-electron chi connectivity index (χ1n) is 7.80. The van der Waals surface area contributed by atoms with Crippen LogP contribution in [0, 0.1) is 0 Å². The van der Waals surface area contributed by atoms with Crippen molar-refractivity contribution in [3.05, 3.63) is 35.9 Å². The van der Waals surface area contributed by atoms with Gasteiger partial charge >= 0.3 is 12.1 Å². The summed E-state index contributed by atoms with van der Waals surface area (Å²) in [5.74, 6) is -4.30. The van der Waals surface area contributed by atoms with Gasteiger partial charge in [-0.05, 0) is 26.3 Å². The van der Waals surface area contributed by atoms with Gasteiger partial charge in [-0.2, -0.15) is 0 Å². The number of alkyl carbamates (subject to hydrolysis) is 1. The van der Waals surface area contributed by atoms with Gasteiger partial charge in [0.05, 0.1) is 6.54 Å². The van der Waals surface area contributed by atoms with Crippen molar-refractivity contribution in [1.82, 2.24) is 5.32 Å². The third-order valence-electron chi connectivity index (χ3n) is 3.00. The summed E-state index contributed by atoms with van der Waals surface area (Å²) >= 11 is 0. The highest BCUT2D eigenvalue weighted by molar-refractivity contribution is 5.81. The van der Waals surface area contributed by atoms with E-state index in [1.165, 1.54) is 0 Å². The standard InChI is InChI=1S/C17H24F2N2O4/c1-16(2,3)25-14(22)13(9-17(18,19)11-20)21-15(23)24-10-12-7-5-4-6-8-12/h4-8,13H,9-11,20H2,1-3H3,(H,21,23). The molecule has 0 aliphatic heterocycles. The van der Waals surface area contributed by atoms with Crippen molar-refractivity contribution in [3.63, 3.8) is 0 Å². The molecule has 8 heteroatoms. The Hall–Kier alpha value is -2.22. The van der Waals surface area contributed by atoms with E-state index in [0.717, 1.165) is 5.56 Å². The molecule has 1 aromatic rings. The van der Waals surface area contributed by atoms with Crippen LogP contribution in [0.3, 0.4) is 0 Å². The zero-order valence-corrected chi connectivity index (χ0v) is 14.6. The van der Waals surface area contributed by atoms with Crippen LogP contribution in [0.1, 0.15) is 32.8 Å². The van der Waals surface area contributed by atoms with Gasteiger partial charge in [-0.25, -0.2) is 18.4 Å². The molecule has 0 bridgehead atoms. The van der Waals surface area contributed by atoms with Crippen LogP contribution >= 0.6 is 0 Å². The summed E-state index contributed by atoms with van der Waals surface area (Å²) in [5, 5.41) is 2.13. The molecule has 140 valence electrons. The van der Waals surface area contributed by atoms with E-state index < -0.39 is 42.6 Å². The number of hydrogen-bond acceptors (Lipinski definition) is 5. The fourth-order valence-electron chi connectivity index (χ4n) is 1.86. The number of alkyl halides is 2. The Morgan fingerprint density at radius 3 is 2.32 bits per heavy atom. The summed E-state index contributed by atoms with van der Waals surface area (Å²) in [7, 11) is 0. The van der Waals surface area contributed by atoms with Crippen molar-refractivity contribution in [2.24, 2.45) is 5.73 Å². The molecule has 0 aliphatic carbocycles. The van der Waals surface area contributed by atoms with E-state index in [-0.39, 0.29) is 6.61 Å². The van der Waals surface area contributed by atoms with E-state index in [9.17, 15) is 18.4 Å². The average Bonchev–Trinajstić information content (AvgIpc) is 2.51. The lowest BCUT2D eigenvalue weighted by Gasteiger charge is -2.26. The first-order chi connectivity index (χ1) is 11.5. The minimum Gasteiger partial charge on any atom is -0.458 e. The number of carbonyl (C=O) groups excluding carboxylic acids is 2. The molecule has 0 saturated heterocycles. The molecule has 6 nitrogen and oxygen atoms in total. The molecule has 1 rings (SSSR count). The summed E-state index contributed by atoms with van der Waals surface area (Å²) in [5.41, 5.74) is 4.84. The van der Waals surface area contributed by atoms with Gasteiger partial charge < -0.3 is 20.5 Å². The first-order valence-corrected chi connectivity index (χ1v) is 7.80. The number of nitrogens with two attached hydrogens (primary N) is 1. The van der Waals surface area contributed by atoms with Gasteiger partial charge in [0.2, 0.25) is 0 Å². The normalized spacial score (nSPS) is 13.0. The Morgan fingerprint density at radius 1 is 1.20 bits per heavy atom. The van der Waals surface area contributed by atoms with Crippen LogP contribution in [0.5, 0.6) is 0 Å². The number of amides is 1. The quantitative estimate of drug-likeness (QED) is 0.731. The maximum atomic E-state index is 13.6. The fraction of sp³-hybridized carbons (Fsp3) is 0.529. The zero-order chi connectivity index (χ0) is 19.1. The Kier molecular flexibility index (Phi) is 7.29. The summed E-state index contributed by atoms with van der Waals surface area (Å²) in [4.78, 5) is 23.9. The van der Waals surface area contributed by atoms with Crippen molar-refractivity contribution in [2.45, 2.75) is 51.4 Å². The molecule has 0 aromatic heterocycles. The fourth-order valence-corrected chi connectivity index (χ4v) is 1.86. The smallest absolute Gasteiger partial charge is 0.408 e. The van der Waals surface area contributed by atoms with Crippen LogP contribution in [0.2, 0.25) is 0 Å². The molecule has 1 amide bonds. The van der Waals surface area contributed by atoms with Crippen LogP contribution in [0.15, 0.2) is 30.3 Å². The summed E-state index contributed by atoms with van der Waals surface area (Å²) in [6, 6.07) is 7.24. The molecular weight excluding hydrogens is 334 g/mol. The predicted octanol–water partition coefficient (Wildman–Crippen LogP) is 2.61. The lowest BCUT2D eigenvalue weighted by Crippen LogP contribution is -2.48. The van der Waals surface area contributed by atoms with Gasteiger partial charge in [0.15, 0.2) is 0 Å². The molecule has 1 unspecified atom stereocenters. The number of ether oxygens (including phenoxy) is 2. The van der Waals surface area contributed by atoms with Crippen molar-refractivity contribution in [3.8, 4) is 0 Å². The van der Waals surface area contributed by atoms with Crippen LogP contribution in [-0.2, 0) is 20.9 Å². The lowest BCUT2D eigenvalue weighted by atomic mass is 10.1. The Balaban J connectivity index is 2.71. The molecule has 0 aliphatic rings. The zero-order valence-electron chi connectivity index (χ0n) is 14.6. The molecule has 25 heavy (non-hydrogen) atoms. The largest absolute Gasteiger partial charge is 0.458 e. The van der Waals surface area contributed by atoms with E-state index in [1.54, 1.807) is 51.1 Å². The molecule has 0 radical (unpaired) electrons. The van der Waals surface area contributed by atoms with Crippen LogP contribution in [0.4, 0.5) is 13.6 Å². The van der Waals surface area contributed by atoms with Gasteiger partial charge in [-0.15, -0.1) is 0 Å². The maximum absolute atomic E-state index is 13.6. The third-order valence-corrected chi connectivity index (χ3v) is 3.00. The summed E-state index contributed by atoms with van der Waals surface area (Å²) in [6.45, 7) is 3.78. The average molecular weight is 358 g/mol. The second kappa shape index (κ2) is 8.75. The molecule has 0 fully saturated rings. The minimum atomic E-state index is -3.33. The van der Waals surface area contributed by atoms with Crippen LogP contribution in [0.25, 0.3) is 0 Å². The molecule has 1 aromatic carbocycles. The minimum absolute atomic E-state index is 0.0546. The maximum Gasteiger partial charge on any atom is 0.408 e. The Bertz CT molecular complexity index is 574. The number of carbonyl (C=O) groups is 2. The van der Waals surface area contributed by atoms with E-state index in [0.29, 0.717) is 0 Å². The van der Waals surface area contributed by atoms with Crippen LogP contribution in [-0.4, -0.2) is 36.2 Å². The van der Waals surface area contributed by atoms with Gasteiger partial charge in [-0.3, -0.25) is 0 Å². The number of esters is 1. The highest BCUT2D eigenvalue weighted by Gasteiger charge is 2.37.